The molecule has 1 aromatic heterocycles. The molecule has 0 saturated carbocycles. The lowest BCUT2D eigenvalue weighted by atomic mass is 10.0. The van der Waals surface area contributed by atoms with Crippen LogP contribution in [-0.2, 0) is 24.9 Å². The number of carbonyl (C=O) groups excluding carboxylic acids is 1. The molecule has 0 N–H and O–H groups in total. The predicted molar refractivity (Wildman–Crippen MR) is 166 cm³/mol. The number of hydrogen-bond acceptors (Lipinski definition) is 9. The van der Waals surface area contributed by atoms with Gasteiger partial charge in [0.05, 0.1) is 11.4 Å². The average Bonchev–Trinajstić information content (AvgIpc) is 3.57. The maximum Gasteiger partial charge on any atom is 0.270 e. The highest BCUT2D eigenvalue weighted by molar-refractivity contribution is 8.26. The van der Waals surface area contributed by atoms with Gasteiger partial charge in [-0.15, -0.1) is 0 Å². The molecular weight excluding hydrogens is 571 g/mol. The zero-order valence-corrected chi connectivity index (χ0v) is 25.0. The largest absolute Gasteiger partial charge is 0.454 e. The number of carbonyl (C=O) groups is 1. The minimum atomic E-state index is -0.343. The van der Waals surface area contributed by atoms with E-state index in [4.69, 9.17) is 21.7 Å². The van der Waals surface area contributed by atoms with Crippen molar-refractivity contribution in [2.75, 3.05) is 37.9 Å². The van der Waals surface area contributed by atoms with Crippen molar-refractivity contribution >= 4 is 46.1 Å². The third kappa shape index (κ3) is 5.29. The van der Waals surface area contributed by atoms with Gasteiger partial charge in [0.1, 0.15) is 21.8 Å². The molecule has 3 aliphatic heterocycles. The number of benzene rings is 2. The van der Waals surface area contributed by atoms with Gasteiger partial charge in [-0.05, 0) is 41.8 Å². The van der Waals surface area contributed by atoms with Crippen LogP contribution < -0.4 is 19.9 Å². The second kappa shape index (κ2) is 11.6. The summed E-state index contributed by atoms with van der Waals surface area (Å²) in [4.78, 5) is 33.4. The zero-order chi connectivity index (χ0) is 29.4. The Kier molecular flexibility index (Phi) is 7.77. The minimum absolute atomic E-state index is 0.0750. The molecule has 214 valence electrons. The van der Waals surface area contributed by atoms with Crippen LogP contribution in [0, 0.1) is 18.3 Å². The van der Waals surface area contributed by atoms with Crippen LogP contribution in [0.1, 0.15) is 27.8 Å². The summed E-state index contributed by atoms with van der Waals surface area (Å²) in [6.07, 6.45) is 1.79. The number of ether oxygens (including phenoxy) is 2. The fourth-order valence-electron chi connectivity index (χ4n) is 5.54. The van der Waals surface area contributed by atoms with Gasteiger partial charge in [-0.3, -0.25) is 24.0 Å². The molecule has 2 fully saturated rings. The topological polar surface area (TPSA) is 91.0 Å². The van der Waals surface area contributed by atoms with Crippen LogP contribution in [0.2, 0.25) is 0 Å². The zero-order valence-electron chi connectivity index (χ0n) is 23.3. The number of piperazine rings is 1. The number of thioether (sulfide) groups is 1. The second-order valence-electron chi connectivity index (χ2n) is 10.4. The summed E-state index contributed by atoms with van der Waals surface area (Å²) in [5.74, 6) is 1.81. The van der Waals surface area contributed by atoms with Gasteiger partial charge >= 0.3 is 0 Å². The first-order valence-corrected chi connectivity index (χ1v) is 14.9. The summed E-state index contributed by atoms with van der Waals surface area (Å²) in [6, 6.07) is 18.0. The van der Waals surface area contributed by atoms with E-state index in [-0.39, 0.29) is 23.8 Å². The monoisotopic (exact) mass is 599 g/mol. The van der Waals surface area contributed by atoms with Crippen LogP contribution >= 0.6 is 24.0 Å². The summed E-state index contributed by atoms with van der Waals surface area (Å²) in [5.41, 5.74) is 3.11. The van der Waals surface area contributed by atoms with Gasteiger partial charge in [0.25, 0.3) is 11.5 Å². The molecule has 11 heteroatoms. The lowest BCUT2D eigenvalue weighted by Crippen LogP contribution is -2.48. The van der Waals surface area contributed by atoms with Crippen molar-refractivity contribution in [1.29, 1.82) is 5.26 Å². The quantitative estimate of drug-likeness (QED) is 0.308. The van der Waals surface area contributed by atoms with E-state index in [0.29, 0.717) is 57.3 Å². The van der Waals surface area contributed by atoms with Crippen molar-refractivity contribution in [2.24, 2.45) is 7.05 Å². The number of thiocarbonyl (C=S) groups is 1. The Labute approximate surface area is 253 Å². The number of hydrogen-bond donors (Lipinski definition) is 0. The van der Waals surface area contributed by atoms with Gasteiger partial charge in [0.2, 0.25) is 6.79 Å². The third-order valence-electron chi connectivity index (χ3n) is 7.82. The molecule has 2 saturated heterocycles. The molecule has 3 aliphatic rings. The van der Waals surface area contributed by atoms with E-state index in [1.807, 2.05) is 36.4 Å². The first-order chi connectivity index (χ1) is 20.3. The second-order valence-corrected chi connectivity index (χ2v) is 12.1. The van der Waals surface area contributed by atoms with Crippen molar-refractivity contribution in [3.05, 3.63) is 91.6 Å². The molecule has 0 aliphatic carbocycles. The van der Waals surface area contributed by atoms with Crippen molar-refractivity contribution in [3.8, 4) is 17.6 Å². The van der Waals surface area contributed by atoms with Gasteiger partial charge < -0.3 is 14.4 Å². The lowest BCUT2D eigenvalue weighted by molar-refractivity contribution is -0.122. The molecule has 0 bridgehead atoms. The van der Waals surface area contributed by atoms with E-state index in [1.54, 1.807) is 24.9 Å². The number of nitriles is 1. The fraction of sp³-hybridized carbons (Fsp3) is 0.290. The first kappa shape index (κ1) is 28.0. The number of rotatable bonds is 6. The number of amides is 1. The Morgan fingerprint density at radius 2 is 1.74 bits per heavy atom. The van der Waals surface area contributed by atoms with Crippen LogP contribution in [0.25, 0.3) is 6.08 Å². The third-order valence-corrected chi connectivity index (χ3v) is 9.19. The molecule has 0 unspecified atom stereocenters. The molecule has 3 aromatic rings. The normalized spacial score (nSPS) is 17.8. The summed E-state index contributed by atoms with van der Waals surface area (Å²) in [5, 5.41) is 9.83. The maximum absolute atomic E-state index is 13.6. The number of pyridine rings is 1. The van der Waals surface area contributed by atoms with Crippen molar-refractivity contribution in [3.63, 3.8) is 0 Å². The maximum atomic E-state index is 13.6. The molecule has 6 rings (SSSR count). The lowest BCUT2D eigenvalue weighted by Gasteiger charge is -2.37. The van der Waals surface area contributed by atoms with Crippen LogP contribution in [0.5, 0.6) is 11.5 Å². The molecule has 4 heterocycles. The summed E-state index contributed by atoms with van der Waals surface area (Å²) in [7, 11) is 1.69. The Morgan fingerprint density at radius 3 is 2.48 bits per heavy atom. The first-order valence-electron chi connectivity index (χ1n) is 13.6. The Balaban J connectivity index is 1.28. The van der Waals surface area contributed by atoms with E-state index in [2.05, 4.69) is 28.0 Å². The number of anilines is 1. The van der Waals surface area contributed by atoms with E-state index in [0.717, 1.165) is 25.2 Å². The number of fused-ring (bicyclic) bond motifs is 1. The SMILES string of the molecule is Cc1c(C=C2SC(=S)N(Cc3ccc4c(c3)OCO4)C2=O)c(N2CCN(Cc3ccccc3)CC2)n(C)c(=O)c1C#N. The van der Waals surface area contributed by atoms with Crippen molar-refractivity contribution in [1.82, 2.24) is 14.4 Å². The van der Waals surface area contributed by atoms with Gasteiger partial charge in [-0.2, -0.15) is 5.26 Å². The minimum Gasteiger partial charge on any atom is -0.454 e. The standard InChI is InChI=1S/C31H29N5O4S2/c1-20-23(15-27-30(38)36(31(41)42-27)18-22-8-9-25-26(14-22)40-19-39-25)28(33(2)29(37)24(20)16-32)35-12-10-34(11-13-35)17-21-6-4-3-5-7-21/h3-9,14-15H,10-13,17-19H2,1-2H3. The molecule has 0 spiro atoms. The van der Waals surface area contributed by atoms with Crippen molar-refractivity contribution < 1.29 is 14.3 Å². The summed E-state index contributed by atoms with van der Waals surface area (Å²) >= 11 is 6.84. The van der Waals surface area contributed by atoms with Crippen LogP contribution in [0.3, 0.4) is 0 Å². The van der Waals surface area contributed by atoms with E-state index < -0.39 is 0 Å². The fourth-order valence-corrected chi connectivity index (χ4v) is 6.78. The molecule has 1 amide bonds. The smallest absolute Gasteiger partial charge is 0.270 e. The van der Waals surface area contributed by atoms with E-state index in [1.165, 1.54) is 21.9 Å². The summed E-state index contributed by atoms with van der Waals surface area (Å²) in [6.45, 7) is 6.15. The Bertz CT molecular complexity index is 1700. The Hall–Kier alpha value is -4.11. The molecule has 9 nitrogen and oxygen atoms in total. The van der Waals surface area contributed by atoms with Crippen molar-refractivity contribution in [2.45, 2.75) is 20.0 Å². The van der Waals surface area contributed by atoms with Crippen LogP contribution in [0.4, 0.5) is 5.82 Å². The molecule has 0 atom stereocenters. The average molecular weight is 600 g/mol. The molecule has 2 aromatic carbocycles. The van der Waals surface area contributed by atoms with E-state index in [9.17, 15) is 14.9 Å². The predicted octanol–water partition coefficient (Wildman–Crippen LogP) is 4.02. The highest BCUT2D eigenvalue weighted by atomic mass is 32.2. The Morgan fingerprint density at radius 1 is 1.00 bits per heavy atom. The highest BCUT2D eigenvalue weighted by Gasteiger charge is 2.34. The molecule has 0 radical (unpaired) electrons. The molecular formula is C31H29N5O4S2. The van der Waals surface area contributed by atoms with Gasteiger partial charge in [0.15, 0.2) is 11.5 Å². The van der Waals surface area contributed by atoms with Crippen LogP contribution in [-0.4, -0.2) is 57.6 Å². The summed E-state index contributed by atoms with van der Waals surface area (Å²) < 4.78 is 12.9. The highest BCUT2D eigenvalue weighted by Crippen LogP contribution is 2.38. The van der Waals surface area contributed by atoms with Gasteiger partial charge in [-0.25, -0.2) is 0 Å². The number of nitrogens with zero attached hydrogens (tertiary/aromatic N) is 5. The van der Waals surface area contributed by atoms with E-state index >= 15 is 0 Å². The van der Waals surface area contributed by atoms with Gasteiger partial charge in [0, 0.05) is 45.3 Å². The van der Waals surface area contributed by atoms with Gasteiger partial charge in [-0.1, -0.05) is 60.4 Å². The molecule has 42 heavy (non-hydrogen) atoms. The number of aromatic nitrogens is 1. The van der Waals surface area contributed by atoms with Crippen LogP contribution in [0.15, 0.2) is 58.2 Å².